The molecule has 1 amide bonds. The molecule has 0 saturated carbocycles. The number of hydrogen-bond acceptors (Lipinski definition) is 4. The number of nitrogens with one attached hydrogen (secondary N) is 1. The van der Waals surface area contributed by atoms with E-state index in [4.69, 9.17) is 4.74 Å². The van der Waals surface area contributed by atoms with Crippen LogP contribution in [0, 0.1) is 0 Å². The smallest absolute Gasteiger partial charge is 0.254 e. The predicted octanol–water partition coefficient (Wildman–Crippen LogP) is 4.98. The minimum atomic E-state index is 0.0580. The first-order valence-electron chi connectivity index (χ1n) is 12.0. The fourth-order valence-corrected chi connectivity index (χ4v) is 4.93. The molecule has 0 spiro atoms. The molecule has 2 atom stereocenters. The summed E-state index contributed by atoms with van der Waals surface area (Å²) in [5, 5.41) is 7.67. The molecule has 3 aromatic rings. The van der Waals surface area contributed by atoms with Crippen molar-refractivity contribution in [1.29, 1.82) is 0 Å². The van der Waals surface area contributed by atoms with Crippen molar-refractivity contribution in [3.8, 4) is 22.5 Å². The van der Waals surface area contributed by atoms with E-state index in [1.54, 1.807) is 0 Å². The van der Waals surface area contributed by atoms with Gasteiger partial charge in [0.2, 0.25) is 0 Å². The summed E-state index contributed by atoms with van der Waals surface area (Å²) < 4.78 is 5.75. The van der Waals surface area contributed by atoms with Crippen molar-refractivity contribution < 1.29 is 9.53 Å². The van der Waals surface area contributed by atoms with Crippen molar-refractivity contribution in [1.82, 2.24) is 15.1 Å². The molecule has 6 heteroatoms. The molecular weight excluding hydrogens is 412 g/mol. The van der Waals surface area contributed by atoms with Gasteiger partial charge in [-0.25, -0.2) is 0 Å². The van der Waals surface area contributed by atoms with Gasteiger partial charge in [-0.1, -0.05) is 24.3 Å². The Labute approximate surface area is 195 Å². The third kappa shape index (κ3) is 4.81. The Morgan fingerprint density at radius 2 is 1.55 bits per heavy atom. The Hall–Kier alpha value is -3.12. The predicted molar refractivity (Wildman–Crippen MR) is 131 cm³/mol. The van der Waals surface area contributed by atoms with Crippen molar-refractivity contribution in [2.24, 2.45) is 0 Å². The Morgan fingerprint density at radius 3 is 2.21 bits per heavy atom. The van der Waals surface area contributed by atoms with Crippen LogP contribution in [0.5, 0.6) is 0 Å². The zero-order valence-electron chi connectivity index (χ0n) is 19.5. The summed E-state index contributed by atoms with van der Waals surface area (Å²) >= 11 is 0. The van der Waals surface area contributed by atoms with E-state index in [9.17, 15) is 4.79 Å². The highest BCUT2D eigenvalue weighted by molar-refractivity contribution is 5.94. The number of piperidine rings is 1. The van der Waals surface area contributed by atoms with E-state index in [2.05, 4.69) is 45.4 Å². The van der Waals surface area contributed by atoms with E-state index in [0.29, 0.717) is 18.7 Å². The van der Waals surface area contributed by atoms with Crippen LogP contribution in [0.15, 0.2) is 54.6 Å². The monoisotopic (exact) mass is 444 g/mol. The molecule has 0 bridgehead atoms. The second-order valence-electron chi connectivity index (χ2n) is 9.31. The molecule has 0 aliphatic carbocycles. The number of rotatable bonds is 4. The summed E-state index contributed by atoms with van der Waals surface area (Å²) in [7, 11) is 0. The molecule has 33 heavy (non-hydrogen) atoms. The lowest BCUT2D eigenvalue weighted by atomic mass is 10.1. The van der Waals surface area contributed by atoms with Crippen LogP contribution >= 0.6 is 0 Å². The van der Waals surface area contributed by atoms with Gasteiger partial charge in [0.1, 0.15) is 0 Å². The van der Waals surface area contributed by atoms with Gasteiger partial charge in [0.15, 0.2) is 0 Å². The molecule has 6 nitrogen and oxygen atoms in total. The zero-order valence-corrected chi connectivity index (χ0v) is 19.5. The van der Waals surface area contributed by atoms with Crippen LogP contribution in [-0.4, -0.2) is 59.4 Å². The van der Waals surface area contributed by atoms with Crippen LogP contribution in [0.1, 0.15) is 43.5 Å². The lowest BCUT2D eigenvalue weighted by molar-refractivity contribution is -0.0586. The second-order valence-corrected chi connectivity index (χ2v) is 9.31. The Kier molecular flexibility index (Phi) is 6.18. The van der Waals surface area contributed by atoms with Crippen molar-refractivity contribution in [3.05, 3.63) is 60.2 Å². The van der Waals surface area contributed by atoms with Gasteiger partial charge >= 0.3 is 0 Å². The van der Waals surface area contributed by atoms with E-state index in [-0.39, 0.29) is 18.1 Å². The van der Waals surface area contributed by atoms with E-state index in [0.717, 1.165) is 35.6 Å². The number of amides is 1. The minimum absolute atomic E-state index is 0.0580. The molecule has 0 unspecified atom stereocenters. The number of aromatic nitrogens is 2. The highest BCUT2D eigenvalue weighted by Gasteiger charge is 2.26. The first-order chi connectivity index (χ1) is 16.1. The molecule has 0 radical (unpaired) electrons. The summed E-state index contributed by atoms with van der Waals surface area (Å²) in [5.74, 6) is 0.0580. The average Bonchev–Trinajstić information content (AvgIpc) is 3.34. The lowest BCUT2D eigenvalue weighted by Crippen LogP contribution is -2.48. The highest BCUT2D eigenvalue weighted by Crippen LogP contribution is 2.27. The molecule has 3 heterocycles. The molecule has 1 N–H and O–H groups in total. The van der Waals surface area contributed by atoms with Crippen LogP contribution < -0.4 is 4.90 Å². The van der Waals surface area contributed by atoms with Gasteiger partial charge < -0.3 is 14.5 Å². The van der Waals surface area contributed by atoms with E-state index < -0.39 is 0 Å². The van der Waals surface area contributed by atoms with Gasteiger partial charge in [-0.15, -0.1) is 0 Å². The number of aromatic amines is 1. The van der Waals surface area contributed by atoms with Gasteiger partial charge in [0.25, 0.3) is 5.91 Å². The number of benzene rings is 2. The molecule has 2 saturated heterocycles. The van der Waals surface area contributed by atoms with Crippen molar-refractivity contribution in [2.75, 3.05) is 31.1 Å². The summed E-state index contributed by atoms with van der Waals surface area (Å²) in [6.07, 6.45) is 4.02. The van der Waals surface area contributed by atoms with Crippen LogP contribution in [0.2, 0.25) is 0 Å². The number of anilines is 1. The average molecular weight is 445 g/mol. The van der Waals surface area contributed by atoms with Crippen molar-refractivity contribution in [3.63, 3.8) is 0 Å². The molecule has 2 aromatic carbocycles. The topological polar surface area (TPSA) is 61.5 Å². The van der Waals surface area contributed by atoms with Gasteiger partial charge in [-0.05, 0) is 69.0 Å². The van der Waals surface area contributed by atoms with Crippen molar-refractivity contribution >= 4 is 11.6 Å². The third-order valence-corrected chi connectivity index (χ3v) is 6.61. The van der Waals surface area contributed by atoms with Gasteiger partial charge in [0.05, 0.1) is 23.6 Å². The maximum Gasteiger partial charge on any atom is 0.254 e. The largest absolute Gasteiger partial charge is 0.372 e. The fourth-order valence-electron chi connectivity index (χ4n) is 4.93. The van der Waals surface area contributed by atoms with E-state index in [1.165, 1.54) is 24.9 Å². The van der Waals surface area contributed by atoms with Gasteiger partial charge in [-0.3, -0.25) is 9.89 Å². The second kappa shape index (κ2) is 9.40. The summed E-state index contributed by atoms with van der Waals surface area (Å²) in [5.41, 5.74) is 5.97. The summed E-state index contributed by atoms with van der Waals surface area (Å²) in [6.45, 7) is 7.57. The maximum absolute atomic E-state index is 12.9. The Bertz CT molecular complexity index is 1070. The molecule has 2 aliphatic heterocycles. The molecule has 172 valence electrons. The Morgan fingerprint density at radius 1 is 0.909 bits per heavy atom. The van der Waals surface area contributed by atoms with Crippen LogP contribution in [0.4, 0.5) is 5.69 Å². The number of nitrogens with zero attached hydrogens (tertiary/aromatic N) is 3. The Balaban J connectivity index is 1.27. The van der Waals surface area contributed by atoms with Gasteiger partial charge in [0, 0.05) is 43.0 Å². The van der Waals surface area contributed by atoms with Gasteiger partial charge in [-0.2, -0.15) is 5.10 Å². The fraction of sp³-hybridized carbons (Fsp3) is 0.407. The number of H-pyrrole nitrogens is 1. The van der Waals surface area contributed by atoms with E-state index in [1.807, 2.05) is 43.0 Å². The minimum Gasteiger partial charge on any atom is -0.372 e. The molecule has 2 fully saturated rings. The van der Waals surface area contributed by atoms with E-state index >= 15 is 0 Å². The number of ether oxygens (including phenoxy) is 1. The lowest BCUT2D eigenvalue weighted by Gasteiger charge is -2.35. The van der Waals surface area contributed by atoms with Crippen molar-refractivity contribution in [2.45, 2.75) is 45.3 Å². The maximum atomic E-state index is 12.9. The van der Waals surface area contributed by atoms with Crippen LogP contribution in [0.25, 0.3) is 22.5 Å². The number of carbonyl (C=O) groups excluding carboxylic acids is 1. The first kappa shape index (κ1) is 21.7. The molecule has 2 aliphatic rings. The molecular formula is C27H32N4O2. The summed E-state index contributed by atoms with van der Waals surface area (Å²) in [6, 6.07) is 18.5. The zero-order chi connectivity index (χ0) is 22.8. The standard InChI is InChI=1S/C27H32N4O2/c1-19-17-31(18-20(2)33-19)27(32)23-8-6-21(7-9-23)25-16-26(29-28-25)22-10-12-24(13-11-22)30-14-4-3-5-15-30/h6-13,16,19-20H,3-5,14-15,17-18H2,1-2H3,(H,28,29)/t19-,20-/m0/s1. The molecule has 5 rings (SSSR count). The first-order valence-corrected chi connectivity index (χ1v) is 12.0. The number of hydrogen-bond donors (Lipinski definition) is 1. The number of morpholine rings is 1. The SMILES string of the molecule is C[C@H]1CN(C(=O)c2ccc(-c3cc(-c4ccc(N5CCCCC5)cc4)n[nH]3)cc2)C[C@H](C)O1. The van der Waals surface area contributed by atoms with Crippen LogP contribution in [-0.2, 0) is 4.74 Å². The summed E-state index contributed by atoms with van der Waals surface area (Å²) in [4.78, 5) is 17.3. The van der Waals surface area contributed by atoms with Crippen LogP contribution in [0.3, 0.4) is 0 Å². The third-order valence-electron chi connectivity index (χ3n) is 6.61. The number of carbonyl (C=O) groups is 1. The normalized spacial score (nSPS) is 21.3. The quantitative estimate of drug-likeness (QED) is 0.616. The highest BCUT2D eigenvalue weighted by atomic mass is 16.5. The molecule has 1 aromatic heterocycles.